The van der Waals surface area contributed by atoms with E-state index in [-0.39, 0.29) is 0 Å². The van der Waals surface area contributed by atoms with Crippen LogP contribution in [0.2, 0.25) is 0 Å². The summed E-state index contributed by atoms with van der Waals surface area (Å²) in [6, 6.07) is 1.74. The Labute approximate surface area is 93.0 Å². The fraction of sp³-hybridized carbons (Fsp3) is 0.929. The molecule has 5 aliphatic rings. The van der Waals surface area contributed by atoms with Crippen LogP contribution in [0.5, 0.6) is 0 Å². The van der Waals surface area contributed by atoms with Crippen molar-refractivity contribution in [1.82, 2.24) is 5.32 Å². The second-order valence-corrected chi connectivity index (χ2v) is 6.54. The van der Waals surface area contributed by atoms with E-state index in [0.717, 1.165) is 29.8 Å². The zero-order valence-electron chi connectivity index (χ0n) is 9.54. The summed E-state index contributed by atoms with van der Waals surface area (Å²) in [4.78, 5) is 0. The van der Waals surface area contributed by atoms with Gasteiger partial charge in [0, 0.05) is 12.1 Å². The van der Waals surface area contributed by atoms with Crippen molar-refractivity contribution in [2.75, 3.05) is 0 Å². The van der Waals surface area contributed by atoms with Crippen LogP contribution in [0, 0.1) is 23.7 Å². The summed E-state index contributed by atoms with van der Waals surface area (Å²) in [7, 11) is 0. The van der Waals surface area contributed by atoms with E-state index < -0.39 is 0 Å². The summed E-state index contributed by atoms with van der Waals surface area (Å²) in [5.41, 5.74) is 0. The van der Waals surface area contributed by atoms with Crippen LogP contribution in [0.3, 0.4) is 0 Å². The molecule has 3 unspecified atom stereocenters. The Morgan fingerprint density at radius 1 is 0.933 bits per heavy atom. The normalized spacial score (nSPS) is 49.6. The van der Waals surface area contributed by atoms with Crippen LogP contribution in [-0.2, 0) is 0 Å². The van der Waals surface area contributed by atoms with E-state index in [1.165, 1.54) is 32.1 Å². The molecule has 5 aliphatic carbocycles. The van der Waals surface area contributed by atoms with Gasteiger partial charge in [-0.2, -0.15) is 0 Å². The molecule has 0 aromatic carbocycles. The van der Waals surface area contributed by atoms with Gasteiger partial charge < -0.3 is 5.32 Å². The third-order valence-electron chi connectivity index (χ3n) is 5.47. The van der Waals surface area contributed by atoms with Gasteiger partial charge in [0.2, 0.25) is 0 Å². The smallest absolute Gasteiger partial charge is 0.0161 e. The molecule has 0 aliphatic heterocycles. The molecular formula is C14H22N. The number of hydrogen-bond acceptors (Lipinski definition) is 1. The Bertz CT molecular complexity index is 228. The zero-order chi connectivity index (χ0) is 9.83. The maximum atomic E-state index is 3.96. The molecule has 0 amide bonds. The van der Waals surface area contributed by atoms with Crippen LogP contribution in [0.25, 0.3) is 0 Å². The highest BCUT2D eigenvalue weighted by atomic mass is 15.0. The highest BCUT2D eigenvalue weighted by Gasteiger charge is 2.48. The third-order valence-corrected chi connectivity index (χ3v) is 5.47. The monoisotopic (exact) mass is 204 g/mol. The predicted molar refractivity (Wildman–Crippen MR) is 61.4 cm³/mol. The van der Waals surface area contributed by atoms with Crippen molar-refractivity contribution in [2.24, 2.45) is 17.8 Å². The highest BCUT2D eigenvalue weighted by Crippen LogP contribution is 2.55. The largest absolute Gasteiger partial charge is 0.310 e. The molecule has 1 nitrogen and oxygen atoms in total. The number of rotatable bonds is 2. The van der Waals surface area contributed by atoms with Gasteiger partial charge in [0.25, 0.3) is 0 Å². The van der Waals surface area contributed by atoms with Crippen LogP contribution in [0.4, 0.5) is 0 Å². The first-order chi connectivity index (χ1) is 7.38. The van der Waals surface area contributed by atoms with Crippen LogP contribution < -0.4 is 5.32 Å². The maximum Gasteiger partial charge on any atom is 0.0161 e. The SMILES string of the molecule is C1CC(NC2[C]3CC4CC(C3)CC2C4)C1. The van der Waals surface area contributed by atoms with Crippen molar-refractivity contribution in [3.05, 3.63) is 5.92 Å². The van der Waals surface area contributed by atoms with Gasteiger partial charge in [-0.05, 0) is 68.6 Å². The first-order valence-electron chi connectivity index (χ1n) is 6.99. The average Bonchev–Trinajstić information content (AvgIpc) is 2.12. The zero-order valence-corrected chi connectivity index (χ0v) is 9.54. The molecule has 0 heterocycles. The highest BCUT2D eigenvalue weighted by molar-refractivity contribution is 5.17. The van der Waals surface area contributed by atoms with E-state index in [4.69, 9.17) is 0 Å². The van der Waals surface area contributed by atoms with Gasteiger partial charge in [-0.1, -0.05) is 6.42 Å². The van der Waals surface area contributed by atoms with Gasteiger partial charge in [0.05, 0.1) is 0 Å². The average molecular weight is 204 g/mol. The summed E-state index contributed by atoms with van der Waals surface area (Å²) in [6.45, 7) is 0. The second kappa shape index (κ2) is 3.23. The van der Waals surface area contributed by atoms with Crippen LogP contribution in [-0.4, -0.2) is 12.1 Å². The molecule has 0 spiro atoms. The molecule has 1 radical (unpaired) electrons. The van der Waals surface area contributed by atoms with Crippen molar-refractivity contribution in [3.63, 3.8) is 0 Å². The quantitative estimate of drug-likeness (QED) is 0.729. The van der Waals surface area contributed by atoms with Crippen LogP contribution >= 0.6 is 0 Å². The molecule has 5 saturated carbocycles. The van der Waals surface area contributed by atoms with Gasteiger partial charge >= 0.3 is 0 Å². The van der Waals surface area contributed by atoms with Crippen molar-refractivity contribution in [2.45, 2.75) is 63.5 Å². The van der Waals surface area contributed by atoms with Gasteiger partial charge in [-0.15, -0.1) is 0 Å². The summed E-state index contributed by atoms with van der Waals surface area (Å²) >= 11 is 0. The van der Waals surface area contributed by atoms with Crippen LogP contribution in [0.1, 0.15) is 51.4 Å². The minimum absolute atomic E-state index is 0.850. The van der Waals surface area contributed by atoms with E-state index in [1.54, 1.807) is 19.3 Å². The molecule has 1 N–H and O–H groups in total. The predicted octanol–water partition coefficient (Wildman–Crippen LogP) is 2.91. The number of hydrogen-bond donors (Lipinski definition) is 1. The van der Waals surface area contributed by atoms with Crippen molar-refractivity contribution >= 4 is 0 Å². The molecule has 5 rings (SSSR count). The van der Waals surface area contributed by atoms with Crippen molar-refractivity contribution in [1.29, 1.82) is 0 Å². The third kappa shape index (κ3) is 1.39. The Kier molecular flexibility index (Phi) is 1.94. The van der Waals surface area contributed by atoms with Gasteiger partial charge in [-0.3, -0.25) is 0 Å². The summed E-state index contributed by atoms with van der Waals surface area (Å²) < 4.78 is 0. The molecule has 3 atom stereocenters. The summed E-state index contributed by atoms with van der Waals surface area (Å²) in [5.74, 6) is 5.14. The first-order valence-corrected chi connectivity index (χ1v) is 6.99. The van der Waals surface area contributed by atoms with E-state index in [9.17, 15) is 0 Å². The van der Waals surface area contributed by atoms with Crippen molar-refractivity contribution in [3.8, 4) is 0 Å². The van der Waals surface area contributed by atoms with Crippen LogP contribution in [0.15, 0.2) is 0 Å². The summed E-state index contributed by atoms with van der Waals surface area (Å²) in [6.07, 6.45) is 12.0. The molecule has 5 fully saturated rings. The Morgan fingerprint density at radius 2 is 1.67 bits per heavy atom. The molecular weight excluding hydrogens is 182 g/mol. The lowest BCUT2D eigenvalue weighted by Gasteiger charge is -2.55. The maximum absolute atomic E-state index is 3.96. The lowest BCUT2D eigenvalue weighted by molar-refractivity contribution is 0.0513. The minimum atomic E-state index is 0.850. The second-order valence-electron chi connectivity index (χ2n) is 6.54. The molecule has 0 aromatic rings. The standard InChI is InChI=1S/C14H22N/c1-2-13(3-1)15-14-11-5-9-4-10(7-11)8-12(14)6-9/h9-11,13-15H,1-8H2. The first kappa shape index (κ1) is 9.04. The van der Waals surface area contributed by atoms with Crippen molar-refractivity contribution < 1.29 is 0 Å². The van der Waals surface area contributed by atoms with E-state index in [2.05, 4.69) is 5.32 Å². The molecule has 0 saturated heterocycles. The Hall–Kier alpha value is -0.0400. The lowest BCUT2D eigenvalue weighted by Crippen LogP contribution is -2.56. The van der Waals surface area contributed by atoms with Gasteiger partial charge in [-0.25, -0.2) is 0 Å². The van der Waals surface area contributed by atoms with E-state index >= 15 is 0 Å². The van der Waals surface area contributed by atoms with Gasteiger partial charge in [0.15, 0.2) is 0 Å². The molecule has 0 aromatic heterocycles. The molecule has 1 heteroatoms. The molecule has 15 heavy (non-hydrogen) atoms. The molecule has 83 valence electrons. The van der Waals surface area contributed by atoms with E-state index in [0.29, 0.717) is 0 Å². The lowest BCUT2D eigenvalue weighted by atomic mass is 9.54. The minimum Gasteiger partial charge on any atom is -0.310 e. The summed E-state index contributed by atoms with van der Waals surface area (Å²) in [5, 5.41) is 3.96. The Balaban J connectivity index is 1.49. The Morgan fingerprint density at radius 3 is 2.20 bits per heavy atom. The fourth-order valence-corrected chi connectivity index (χ4v) is 4.72. The number of nitrogens with one attached hydrogen (secondary N) is 1. The molecule has 4 bridgehead atoms. The topological polar surface area (TPSA) is 12.0 Å². The van der Waals surface area contributed by atoms with Gasteiger partial charge in [0.1, 0.15) is 0 Å². The fourth-order valence-electron chi connectivity index (χ4n) is 4.72. The van der Waals surface area contributed by atoms with E-state index in [1.807, 2.05) is 5.92 Å².